The minimum atomic E-state index is 0.139. The van der Waals surface area contributed by atoms with Crippen LogP contribution in [0.3, 0.4) is 0 Å². The second-order valence-electron chi connectivity index (χ2n) is 3.91. The smallest absolute Gasteiger partial charge is 0.198 e. The van der Waals surface area contributed by atoms with E-state index in [9.17, 15) is 5.11 Å². The molecule has 0 aliphatic heterocycles. The van der Waals surface area contributed by atoms with E-state index in [-0.39, 0.29) is 5.75 Å². The minimum absolute atomic E-state index is 0.139. The van der Waals surface area contributed by atoms with Gasteiger partial charge in [0.1, 0.15) is 0 Å². The first kappa shape index (κ1) is 9.84. The second-order valence-corrected chi connectivity index (χ2v) is 3.91. The molecule has 0 saturated carbocycles. The number of hydrogen-bond donors (Lipinski definition) is 1. The summed E-state index contributed by atoms with van der Waals surface area (Å²) in [5.41, 5.74) is 2.57. The predicted octanol–water partition coefficient (Wildman–Crippen LogP) is 2.41. The van der Waals surface area contributed by atoms with E-state index in [0.29, 0.717) is 11.5 Å². The fraction of sp³-hybridized carbons (Fsp3) is 0.0769. The molecule has 4 nitrogen and oxygen atoms in total. The molecular weight excluding hydrogens is 214 g/mol. The summed E-state index contributed by atoms with van der Waals surface area (Å²) in [6, 6.07) is 11.3. The molecule has 0 bridgehead atoms. The SMILES string of the molecule is Cc1ccccc1-c1nc2c(O)cccn2n1. The molecule has 0 saturated heterocycles. The number of fused-ring (bicyclic) bond motifs is 1. The van der Waals surface area contributed by atoms with Crippen molar-refractivity contribution >= 4 is 5.65 Å². The van der Waals surface area contributed by atoms with Crippen molar-refractivity contribution in [1.29, 1.82) is 0 Å². The number of rotatable bonds is 1. The maximum atomic E-state index is 9.68. The largest absolute Gasteiger partial charge is 0.504 e. The third kappa shape index (κ3) is 1.54. The van der Waals surface area contributed by atoms with Gasteiger partial charge in [0.25, 0.3) is 0 Å². The number of benzene rings is 1. The Hall–Kier alpha value is -2.36. The Morgan fingerprint density at radius 1 is 1.12 bits per heavy atom. The van der Waals surface area contributed by atoms with Gasteiger partial charge in [-0.2, -0.15) is 0 Å². The Labute approximate surface area is 98.2 Å². The van der Waals surface area contributed by atoms with Gasteiger partial charge in [0.2, 0.25) is 0 Å². The first-order valence-electron chi connectivity index (χ1n) is 5.36. The van der Waals surface area contributed by atoms with E-state index < -0.39 is 0 Å². The Morgan fingerprint density at radius 2 is 1.94 bits per heavy atom. The molecule has 0 fully saturated rings. The molecule has 2 aromatic heterocycles. The lowest BCUT2D eigenvalue weighted by molar-refractivity contribution is 0.477. The Balaban J connectivity index is 2.26. The van der Waals surface area contributed by atoms with Crippen molar-refractivity contribution in [2.45, 2.75) is 6.92 Å². The summed E-state index contributed by atoms with van der Waals surface area (Å²) in [7, 11) is 0. The van der Waals surface area contributed by atoms with E-state index in [4.69, 9.17) is 0 Å². The van der Waals surface area contributed by atoms with E-state index in [1.807, 2.05) is 31.2 Å². The van der Waals surface area contributed by atoms with Gasteiger partial charge in [0.15, 0.2) is 17.2 Å². The molecule has 1 aromatic carbocycles. The number of aryl methyl sites for hydroxylation is 1. The Kier molecular flexibility index (Phi) is 2.08. The zero-order chi connectivity index (χ0) is 11.8. The summed E-state index contributed by atoms with van der Waals surface area (Å²) in [4.78, 5) is 4.35. The van der Waals surface area contributed by atoms with Gasteiger partial charge in [-0.3, -0.25) is 0 Å². The number of nitrogens with zero attached hydrogens (tertiary/aromatic N) is 3. The van der Waals surface area contributed by atoms with Gasteiger partial charge < -0.3 is 5.11 Å². The van der Waals surface area contributed by atoms with Crippen molar-refractivity contribution in [3.63, 3.8) is 0 Å². The summed E-state index contributed by atoms with van der Waals surface area (Å²) in [6.45, 7) is 2.01. The Morgan fingerprint density at radius 3 is 2.71 bits per heavy atom. The summed E-state index contributed by atoms with van der Waals surface area (Å²) >= 11 is 0. The quantitative estimate of drug-likeness (QED) is 0.691. The number of aromatic hydroxyl groups is 1. The molecule has 3 aromatic rings. The monoisotopic (exact) mass is 225 g/mol. The molecule has 4 heteroatoms. The van der Waals surface area contributed by atoms with Crippen LogP contribution in [0.15, 0.2) is 42.6 Å². The van der Waals surface area contributed by atoms with E-state index in [2.05, 4.69) is 10.1 Å². The maximum Gasteiger partial charge on any atom is 0.198 e. The lowest BCUT2D eigenvalue weighted by atomic mass is 10.1. The van der Waals surface area contributed by atoms with Crippen LogP contribution in [-0.2, 0) is 0 Å². The minimum Gasteiger partial charge on any atom is -0.504 e. The molecule has 0 unspecified atom stereocenters. The molecule has 17 heavy (non-hydrogen) atoms. The summed E-state index contributed by atoms with van der Waals surface area (Å²) in [5.74, 6) is 0.768. The topological polar surface area (TPSA) is 50.4 Å². The average Bonchev–Trinajstić information content (AvgIpc) is 2.75. The maximum absolute atomic E-state index is 9.68. The lowest BCUT2D eigenvalue weighted by Crippen LogP contribution is -1.87. The highest BCUT2D eigenvalue weighted by Crippen LogP contribution is 2.23. The van der Waals surface area contributed by atoms with Crippen LogP contribution in [0.1, 0.15) is 5.56 Å². The average molecular weight is 225 g/mol. The summed E-state index contributed by atoms with van der Waals surface area (Å²) in [6.07, 6.45) is 1.77. The van der Waals surface area contributed by atoms with Gasteiger partial charge in [-0.05, 0) is 24.6 Å². The number of pyridine rings is 1. The van der Waals surface area contributed by atoms with Crippen molar-refractivity contribution in [2.75, 3.05) is 0 Å². The molecule has 0 radical (unpaired) electrons. The van der Waals surface area contributed by atoms with Crippen molar-refractivity contribution in [3.05, 3.63) is 48.2 Å². The second kappa shape index (κ2) is 3.59. The van der Waals surface area contributed by atoms with Crippen molar-refractivity contribution in [3.8, 4) is 17.1 Å². The van der Waals surface area contributed by atoms with E-state index in [0.717, 1.165) is 11.1 Å². The number of aromatic nitrogens is 3. The van der Waals surface area contributed by atoms with Crippen molar-refractivity contribution < 1.29 is 5.11 Å². The normalized spacial score (nSPS) is 10.9. The van der Waals surface area contributed by atoms with Crippen LogP contribution in [0.2, 0.25) is 0 Å². The van der Waals surface area contributed by atoms with Crippen LogP contribution in [-0.4, -0.2) is 19.7 Å². The van der Waals surface area contributed by atoms with Crippen LogP contribution in [0.4, 0.5) is 0 Å². The summed E-state index contributed by atoms with van der Waals surface area (Å²) < 4.78 is 1.58. The molecule has 2 heterocycles. The van der Waals surface area contributed by atoms with E-state index >= 15 is 0 Å². The lowest BCUT2D eigenvalue weighted by Gasteiger charge is -1.98. The van der Waals surface area contributed by atoms with Gasteiger partial charge in [-0.15, -0.1) is 5.10 Å². The Bertz CT molecular complexity index is 688. The first-order valence-corrected chi connectivity index (χ1v) is 5.36. The van der Waals surface area contributed by atoms with Crippen LogP contribution in [0.5, 0.6) is 5.75 Å². The van der Waals surface area contributed by atoms with E-state index in [1.54, 1.807) is 22.8 Å². The van der Waals surface area contributed by atoms with E-state index in [1.165, 1.54) is 0 Å². The van der Waals surface area contributed by atoms with Gasteiger partial charge in [0.05, 0.1) is 0 Å². The molecule has 0 aliphatic rings. The molecule has 0 atom stereocenters. The van der Waals surface area contributed by atoms with Crippen LogP contribution >= 0.6 is 0 Å². The first-order chi connectivity index (χ1) is 8.25. The highest BCUT2D eigenvalue weighted by atomic mass is 16.3. The highest BCUT2D eigenvalue weighted by molar-refractivity contribution is 5.64. The number of hydrogen-bond acceptors (Lipinski definition) is 3. The molecule has 1 N–H and O–H groups in total. The zero-order valence-electron chi connectivity index (χ0n) is 9.33. The standard InChI is InChI=1S/C13H11N3O/c1-9-5-2-3-6-10(9)12-14-13-11(17)7-4-8-16(13)15-12/h2-8,17H,1H3. The molecule has 3 rings (SSSR count). The molecule has 84 valence electrons. The van der Waals surface area contributed by atoms with Crippen LogP contribution < -0.4 is 0 Å². The molecule has 0 amide bonds. The van der Waals surface area contributed by atoms with Gasteiger partial charge in [-0.25, -0.2) is 9.50 Å². The highest BCUT2D eigenvalue weighted by Gasteiger charge is 2.10. The molecule has 0 spiro atoms. The van der Waals surface area contributed by atoms with Crippen LogP contribution in [0.25, 0.3) is 17.0 Å². The predicted molar refractivity (Wildman–Crippen MR) is 64.8 cm³/mol. The molecular formula is C13H11N3O. The van der Waals surface area contributed by atoms with Gasteiger partial charge in [0, 0.05) is 11.8 Å². The summed E-state index contributed by atoms with van der Waals surface area (Å²) in [5, 5.41) is 14.0. The fourth-order valence-corrected chi connectivity index (χ4v) is 1.83. The third-order valence-electron chi connectivity index (χ3n) is 2.73. The third-order valence-corrected chi connectivity index (χ3v) is 2.73. The molecule has 0 aliphatic carbocycles. The van der Waals surface area contributed by atoms with Crippen LogP contribution in [0, 0.1) is 6.92 Å². The van der Waals surface area contributed by atoms with Gasteiger partial charge >= 0.3 is 0 Å². The fourth-order valence-electron chi connectivity index (χ4n) is 1.83. The zero-order valence-corrected chi connectivity index (χ0v) is 9.33. The van der Waals surface area contributed by atoms with Crippen molar-refractivity contribution in [2.24, 2.45) is 0 Å². The van der Waals surface area contributed by atoms with Crippen molar-refractivity contribution in [1.82, 2.24) is 14.6 Å². The van der Waals surface area contributed by atoms with Gasteiger partial charge in [-0.1, -0.05) is 24.3 Å².